The number of likely N-dealkylation sites (N-methyl/N-ethyl adjacent to an activating group) is 1. The predicted molar refractivity (Wildman–Crippen MR) is 43.5 cm³/mol. The lowest BCUT2D eigenvalue weighted by Crippen LogP contribution is -3.00. The van der Waals surface area contributed by atoms with E-state index in [0.717, 1.165) is 17.2 Å². The molecule has 5 nitrogen and oxygen atoms in total. The number of hydrogen-bond donors (Lipinski definition) is 0. The van der Waals surface area contributed by atoms with Crippen LogP contribution in [0.25, 0.3) is 5.53 Å². The Bertz CT molecular complexity index is 206. The van der Waals surface area contributed by atoms with Crippen LogP contribution in [0.5, 0.6) is 0 Å². The van der Waals surface area contributed by atoms with Gasteiger partial charge in [0.05, 0.1) is 21.1 Å². The fourth-order valence-electron chi connectivity index (χ4n) is 0.505. The summed E-state index contributed by atoms with van der Waals surface area (Å²) in [7, 11) is 5.98. The zero-order chi connectivity index (χ0) is 9.61. The van der Waals surface area contributed by atoms with E-state index in [4.69, 9.17) is 10.3 Å². The first-order valence-electron chi connectivity index (χ1n) is 3.60. The minimum absolute atomic E-state index is 0. The molecule has 0 aliphatic carbocycles. The van der Waals surface area contributed by atoms with Crippen LogP contribution in [0.1, 0.15) is 0 Å². The highest BCUT2D eigenvalue weighted by Gasteiger charge is 2.09. The zero-order valence-corrected chi connectivity index (χ0v) is 9.61. The van der Waals surface area contributed by atoms with Crippen molar-refractivity contribution in [3.63, 3.8) is 0 Å². The van der Waals surface area contributed by atoms with Gasteiger partial charge in [0.15, 0.2) is 0 Å². The molecule has 0 saturated heterocycles. The summed E-state index contributed by atoms with van der Waals surface area (Å²) in [5, 5.41) is 0. The molecule has 0 aromatic carbocycles. The van der Waals surface area contributed by atoms with Gasteiger partial charge in [-0.05, 0) is 0 Å². The van der Waals surface area contributed by atoms with E-state index >= 15 is 0 Å². The van der Waals surface area contributed by atoms with E-state index in [2.05, 4.69) is 4.79 Å². The number of quaternary nitrogens is 1. The van der Waals surface area contributed by atoms with Crippen molar-refractivity contribution in [3.8, 4) is 0 Å². The Labute approximate surface area is 88.3 Å². The van der Waals surface area contributed by atoms with Crippen LogP contribution in [0.4, 0.5) is 0 Å². The number of halogens is 1. The molecule has 0 atom stereocenters. The maximum Gasteiger partial charge on any atom is 0.413 e. The number of rotatable bonds is 4. The summed E-state index contributed by atoms with van der Waals surface area (Å²) in [6, 6.07) is 0. The molecule has 76 valence electrons. The fourth-order valence-corrected chi connectivity index (χ4v) is 0.505. The van der Waals surface area contributed by atoms with E-state index in [1.54, 1.807) is 0 Å². The Morgan fingerprint density at radius 2 is 2.08 bits per heavy atom. The number of esters is 1. The van der Waals surface area contributed by atoms with Crippen LogP contribution >= 0.6 is 0 Å². The van der Waals surface area contributed by atoms with Crippen molar-refractivity contribution in [1.82, 2.24) is 0 Å². The van der Waals surface area contributed by atoms with Crippen molar-refractivity contribution in [2.45, 2.75) is 0 Å². The highest BCUT2D eigenvalue weighted by molar-refractivity contribution is 6.20. The average Bonchev–Trinajstić information content (AvgIpc) is 1.84. The van der Waals surface area contributed by atoms with E-state index in [1.165, 1.54) is 0 Å². The largest absolute Gasteiger partial charge is 1.00 e. The summed E-state index contributed by atoms with van der Waals surface area (Å²) in [6.07, 6.45) is 0.732. The lowest BCUT2D eigenvalue weighted by Gasteiger charge is -2.22. The van der Waals surface area contributed by atoms with Crippen LogP contribution in [0.2, 0.25) is 0 Å². The molecular weight excluding hydrogens is 238 g/mol. The van der Waals surface area contributed by atoms with Crippen LogP contribution in [-0.2, 0) is 9.53 Å². The van der Waals surface area contributed by atoms with Gasteiger partial charge in [-0.1, -0.05) is 0 Å². The molecule has 13 heavy (non-hydrogen) atoms. The molecule has 6 heteroatoms. The van der Waals surface area contributed by atoms with Crippen molar-refractivity contribution in [2.75, 3.05) is 34.3 Å². The topological polar surface area (TPSA) is 62.7 Å². The first-order chi connectivity index (χ1) is 5.45. The summed E-state index contributed by atoms with van der Waals surface area (Å²) < 4.78 is 5.42. The molecule has 0 radical (unpaired) electrons. The fraction of sp³-hybridized carbons (Fsp3) is 0.714. The smallest absolute Gasteiger partial charge is 0.413 e. The predicted octanol–water partition coefficient (Wildman–Crippen LogP) is -3.46. The minimum atomic E-state index is -0.619. The molecule has 0 spiro atoms. The Morgan fingerprint density at radius 1 is 1.54 bits per heavy atom. The Kier molecular flexibility index (Phi) is 7.70. The molecule has 0 aliphatic rings. The van der Waals surface area contributed by atoms with Gasteiger partial charge in [0.1, 0.15) is 13.2 Å². The third-order valence-electron chi connectivity index (χ3n) is 1.17. The maximum absolute atomic E-state index is 10.6. The molecule has 0 bridgehead atoms. The van der Waals surface area contributed by atoms with Crippen molar-refractivity contribution >= 4 is 12.2 Å². The van der Waals surface area contributed by atoms with Crippen LogP contribution in [0, 0.1) is 0 Å². The SMILES string of the molecule is C[N+](C)(C)CCOC(=O)C=[N+]=[N-].[Br-]. The van der Waals surface area contributed by atoms with Gasteiger partial charge in [0.2, 0.25) is 0 Å². The van der Waals surface area contributed by atoms with Gasteiger partial charge in [0, 0.05) is 0 Å². The zero-order valence-electron chi connectivity index (χ0n) is 8.03. The van der Waals surface area contributed by atoms with Gasteiger partial charge in [-0.25, -0.2) is 4.79 Å². The molecule has 0 rings (SSSR count). The highest BCUT2D eigenvalue weighted by atomic mass is 79.9. The van der Waals surface area contributed by atoms with E-state index in [1.807, 2.05) is 21.1 Å². The van der Waals surface area contributed by atoms with E-state index in [9.17, 15) is 4.79 Å². The monoisotopic (exact) mass is 251 g/mol. The average molecular weight is 252 g/mol. The standard InChI is InChI=1S/C7H14N3O2.BrH/c1-10(2,3)4-5-12-7(11)6-9-8;/h6H,4-5H2,1-3H3;1H/q+1;/p-1. The lowest BCUT2D eigenvalue weighted by molar-refractivity contribution is -0.870. The first kappa shape index (κ1) is 14.8. The van der Waals surface area contributed by atoms with Gasteiger partial charge in [0.25, 0.3) is 0 Å². The molecule has 0 heterocycles. The van der Waals surface area contributed by atoms with Gasteiger partial charge < -0.3 is 31.7 Å². The third-order valence-corrected chi connectivity index (χ3v) is 1.17. The Morgan fingerprint density at radius 3 is 2.46 bits per heavy atom. The second-order valence-electron chi connectivity index (χ2n) is 3.43. The van der Waals surface area contributed by atoms with E-state index in [0.29, 0.717) is 6.61 Å². The third kappa shape index (κ3) is 11.3. The Balaban J connectivity index is 0. The van der Waals surface area contributed by atoms with Crippen LogP contribution in [0.3, 0.4) is 0 Å². The summed E-state index contributed by atoms with van der Waals surface area (Å²) in [5.74, 6) is -0.619. The van der Waals surface area contributed by atoms with E-state index in [-0.39, 0.29) is 17.0 Å². The molecule has 0 saturated carbocycles. The molecule has 0 fully saturated rings. The summed E-state index contributed by atoms with van der Waals surface area (Å²) in [4.78, 5) is 13.1. The van der Waals surface area contributed by atoms with Crippen molar-refractivity contribution in [2.24, 2.45) is 0 Å². The highest BCUT2D eigenvalue weighted by Crippen LogP contribution is 1.88. The number of nitrogens with zero attached hydrogens (tertiary/aromatic N) is 3. The molecule has 0 aromatic heterocycles. The second-order valence-corrected chi connectivity index (χ2v) is 3.43. The van der Waals surface area contributed by atoms with Gasteiger partial charge in [-0.3, -0.25) is 0 Å². The summed E-state index contributed by atoms with van der Waals surface area (Å²) in [6.45, 7) is 1.05. The molecule has 0 amide bonds. The van der Waals surface area contributed by atoms with Gasteiger partial charge >= 0.3 is 12.2 Å². The maximum atomic E-state index is 10.6. The normalized spacial score (nSPS) is 9.46. The van der Waals surface area contributed by atoms with Crippen LogP contribution in [0.15, 0.2) is 0 Å². The van der Waals surface area contributed by atoms with Crippen LogP contribution < -0.4 is 17.0 Å². The lowest BCUT2D eigenvalue weighted by atomic mass is 10.5. The number of ether oxygens (including phenoxy) is 1. The number of carbonyl (C=O) groups excluding carboxylic acids is 1. The van der Waals surface area contributed by atoms with Gasteiger partial charge in [-0.2, -0.15) is 4.79 Å². The molecular formula is C7H14BrN3O2. The first-order valence-corrected chi connectivity index (χ1v) is 3.60. The van der Waals surface area contributed by atoms with Crippen molar-refractivity contribution < 1.29 is 35.8 Å². The minimum Gasteiger partial charge on any atom is -1.00 e. The second kappa shape index (κ2) is 6.77. The van der Waals surface area contributed by atoms with Crippen molar-refractivity contribution in [1.29, 1.82) is 0 Å². The van der Waals surface area contributed by atoms with E-state index < -0.39 is 5.97 Å². The molecule has 0 N–H and O–H groups in total. The summed E-state index contributed by atoms with van der Waals surface area (Å²) >= 11 is 0. The molecule has 0 aliphatic heterocycles. The summed E-state index contributed by atoms with van der Waals surface area (Å²) in [5.41, 5.74) is 7.96. The van der Waals surface area contributed by atoms with Gasteiger partial charge in [-0.15, -0.1) is 0 Å². The quantitative estimate of drug-likeness (QED) is 0.172. The Hall–Kier alpha value is -0.710. The molecule has 0 aromatic rings. The van der Waals surface area contributed by atoms with Crippen molar-refractivity contribution in [3.05, 3.63) is 5.53 Å². The number of hydrogen-bond acceptors (Lipinski definition) is 2. The number of carbonyl (C=O) groups is 1. The van der Waals surface area contributed by atoms with Crippen LogP contribution in [-0.4, -0.2) is 55.8 Å². The molecule has 0 unspecified atom stereocenters.